The van der Waals surface area contributed by atoms with Gasteiger partial charge in [-0.1, -0.05) is 37.3 Å². The third kappa shape index (κ3) is 4.77. The van der Waals surface area contributed by atoms with Crippen LogP contribution in [0.2, 0.25) is 0 Å². The van der Waals surface area contributed by atoms with Crippen LogP contribution in [0.25, 0.3) is 11.1 Å². The molecule has 2 aromatic rings. The van der Waals surface area contributed by atoms with Crippen LogP contribution in [0, 0.1) is 17.6 Å². The number of hydrogen-bond donors (Lipinski definition) is 0. The molecule has 0 atom stereocenters. The van der Waals surface area contributed by atoms with Gasteiger partial charge in [0, 0.05) is 0 Å². The van der Waals surface area contributed by atoms with Crippen molar-refractivity contribution in [3.05, 3.63) is 65.7 Å². The van der Waals surface area contributed by atoms with Crippen molar-refractivity contribution in [2.45, 2.75) is 51.9 Å². The zero-order valence-corrected chi connectivity index (χ0v) is 16.2. The van der Waals surface area contributed by atoms with Gasteiger partial charge >= 0.3 is 0 Å². The summed E-state index contributed by atoms with van der Waals surface area (Å²) in [6.45, 7) is 4.38. The average molecular weight is 370 g/mol. The second-order valence-electron chi connectivity index (χ2n) is 7.26. The van der Waals surface area contributed by atoms with Crippen molar-refractivity contribution in [2.75, 3.05) is 6.61 Å². The van der Waals surface area contributed by atoms with Gasteiger partial charge in [0.05, 0.1) is 6.61 Å². The number of halogens is 2. The molecule has 0 heterocycles. The quantitative estimate of drug-likeness (QED) is 0.486. The smallest absolute Gasteiger partial charge is 0.165 e. The predicted molar refractivity (Wildman–Crippen MR) is 107 cm³/mol. The van der Waals surface area contributed by atoms with E-state index in [9.17, 15) is 8.78 Å². The maximum Gasteiger partial charge on any atom is 0.165 e. The Hall–Kier alpha value is -2.16. The number of ether oxygens (including phenoxy) is 1. The fourth-order valence-corrected chi connectivity index (χ4v) is 3.94. The van der Waals surface area contributed by atoms with Crippen molar-refractivity contribution in [3.8, 4) is 16.9 Å². The summed E-state index contributed by atoms with van der Waals surface area (Å²) in [6.07, 6.45) is 9.90. The Kier molecular flexibility index (Phi) is 6.65. The number of allylic oxidation sites excluding steroid dienone is 2. The molecule has 0 spiro atoms. The van der Waals surface area contributed by atoms with Gasteiger partial charge in [-0.3, -0.25) is 0 Å². The Balaban J connectivity index is 1.73. The number of rotatable bonds is 6. The Morgan fingerprint density at radius 2 is 1.59 bits per heavy atom. The van der Waals surface area contributed by atoms with Gasteiger partial charge in [0.2, 0.25) is 0 Å². The third-order valence-corrected chi connectivity index (χ3v) is 5.42. The minimum atomic E-state index is -0.419. The van der Waals surface area contributed by atoms with Crippen LogP contribution in [0.4, 0.5) is 8.78 Å². The largest absolute Gasteiger partial charge is 0.491 e. The molecule has 0 radical (unpaired) electrons. The Morgan fingerprint density at radius 1 is 0.926 bits per heavy atom. The molecular formula is C24H28F2O. The van der Waals surface area contributed by atoms with Crippen LogP contribution in [0.5, 0.6) is 5.75 Å². The summed E-state index contributed by atoms with van der Waals surface area (Å²) in [5, 5.41) is 0. The van der Waals surface area contributed by atoms with E-state index in [2.05, 4.69) is 19.1 Å². The number of hydrogen-bond acceptors (Lipinski definition) is 1. The lowest BCUT2D eigenvalue weighted by atomic mass is 9.78. The minimum Gasteiger partial charge on any atom is -0.491 e. The van der Waals surface area contributed by atoms with E-state index in [1.54, 1.807) is 12.1 Å². The van der Waals surface area contributed by atoms with Crippen LogP contribution in [-0.2, 0) is 0 Å². The first-order valence-corrected chi connectivity index (χ1v) is 10.0. The van der Waals surface area contributed by atoms with Crippen molar-refractivity contribution in [2.24, 2.45) is 5.92 Å². The summed E-state index contributed by atoms with van der Waals surface area (Å²) in [5.74, 6) is 0.539. The third-order valence-electron chi connectivity index (χ3n) is 5.42. The van der Waals surface area contributed by atoms with E-state index in [1.807, 2.05) is 19.1 Å². The maximum atomic E-state index is 14.8. The summed E-state index contributed by atoms with van der Waals surface area (Å²) >= 11 is 0. The van der Waals surface area contributed by atoms with Crippen LogP contribution in [0.3, 0.4) is 0 Å². The van der Waals surface area contributed by atoms with Gasteiger partial charge in [-0.25, -0.2) is 8.78 Å². The molecule has 0 amide bonds. The fraction of sp³-hybridized carbons (Fsp3) is 0.417. The van der Waals surface area contributed by atoms with Gasteiger partial charge in [-0.05, 0) is 85.8 Å². The first kappa shape index (κ1) is 19.6. The molecule has 0 unspecified atom stereocenters. The summed E-state index contributed by atoms with van der Waals surface area (Å²) in [5.41, 5.74) is 2.15. The molecule has 144 valence electrons. The van der Waals surface area contributed by atoms with Crippen molar-refractivity contribution in [1.29, 1.82) is 0 Å². The molecule has 1 fully saturated rings. The molecule has 27 heavy (non-hydrogen) atoms. The highest BCUT2D eigenvalue weighted by molar-refractivity contribution is 5.65. The first-order chi connectivity index (χ1) is 13.1. The fourth-order valence-electron chi connectivity index (χ4n) is 3.94. The highest BCUT2D eigenvalue weighted by atomic mass is 19.1. The molecule has 0 saturated heterocycles. The minimum absolute atomic E-state index is 0.186. The highest BCUT2D eigenvalue weighted by Crippen LogP contribution is 2.38. The summed E-state index contributed by atoms with van der Waals surface area (Å²) < 4.78 is 34.1. The SMILES string of the molecule is CC/C=C/C1CCC(c2ccc(-c3ccc(OCC)c(F)c3)cc2F)CC1. The van der Waals surface area contributed by atoms with E-state index in [4.69, 9.17) is 4.74 Å². The van der Waals surface area contributed by atoms with Gasteiger partial charge in [-0.2, -0.15) is 0 Å². The molecule has 3 heteroatoms. The molecule has 1 saturated carbocycles. The topological polar surface area (TPSA) is 9.23 Å². The van der Waals surface area contributed by atoms with E-state index in [-0.39, 0.29) is 17.5 Å². The molecule has 1 nitrogen and oxygen atoms in total. The summed E-state index contributed by atoms with van der Waals surface area (Å²) in [6, 6.07) is 10.1. The van der Waals surface area contributed by atoms with Crippen molar-refractivity contribution in [1.82, 2.24) is 0 Å². The van der Waals surface area contributed by atoms with Crippen LogP contribution >= 0.6 is 0 Å². The molecule has 1 aliphatic carbocycles. The monoisotopic (exact) mass is 370 g/mol. The molecule has 2 aromatic carbocycles. The first-order valence-electron chi connectivity index (χ1n) is 10.0. The molecule has 0 N–H and O–H groups in total. The van der Waals surface area contributed by atoms with Crippen LogP contribution < -0.4 is 4.74 Å². The summed E-state index contributed by atoms with van der Waals surface area (Å²) in [4.78, 5) is 0. The van der Waals surface area contributed by atoms with Crippen molar-refractivity contribution < 1.29 is 13.5 Å². The number of benzene rings is 2. The molecule has 1 aliphatic rings. The van der Waals surface area contributed by atoms with Gasteiger partial charge in [-0.15, -0.1) is 0 Å². The predicted octanol–water partition coefficient (Wildman–Crippen LogP) is 7.27. The second kappa shape index (κ2) is 9.16. The molecule has 0 aromatic heterocycles. The zero-order valence-electron chi connectivity index (χ0n) is 16.2. The van der Waals surface area contributed by atoms with Crippen LogP contribution in [-0.4, -0.2) is 6.61 Å². The normalized spacial score (nSPS) is 20.1. The molecule has 0 aliphatic heterocycles. The Bertz CT molecular complexity index is 789. The Morgan fingerprint density at radius 3 is 2.19 bits per heavy atom. The standard InChI is InChI=1S/C24H28F2O/c1-3-5-6-17-7-9-18(10-8-17)21-13-11-19(15-22(21)25)20-12-14-24(27-4-2)23(26)16-20/h5-6,11-18H,3-4,7-10H2,1-2H3/b6-5+. The van der Waals surface area contributed by atoms with E-state index < -0.39 is 5.82 Å². The average Bonchev–Trinajstić information content (AvgIpc) is 2.68. The zero-order chi connectivity index (χ0) is 19.2. The van der Waals surface area contributed by atoms with E-state index in [0.717, 1.165) is 37.7 Å². The second-order valence-corrected chi connectivity index (χ2v) is 7.26. The lowest BCUT2D eigenvalue weighted by Gasteiger charge is -2.27. The lowest BCUT2D eigenvalue weighted by Crippen LogP contribution is -2.13. The maximum absolute atomic E-state index is 14.8. The van der Waals surface area contributed by atoms with Gasteiger partial charge in [0.1, 0.15) is 5.82 Å². The van der Waals surface area contributed by atoms with E-state index in [1.165, 1.54) is 12.1 Å². The van der Waals surface area contributed by atoms with Crippen molar-refractivity contribution in [3.63, 3.8) is 0 Å². The van der Waals surface area contributed by atoms with Gasteiger partial charge in [0.15, 0.2) is 11.6 Å². The van der Waals surface area contributed by atoms with Gasteiger partial charge < -0.3 is 4.74 Å². The van der Waals surface area contributed by atoms with Crippen LogP contribution in [0.15, 0.2) is 48.6 Å². The Labute approximate surface area is 161 Å². The molecule has 3 rings (SSSR count). The molecular weight excluding hydrogens is 342 g/mol. The van der Waals surface area contributed by atoms with E-state index >= 15 is 0 Å². The van der Waals surface area contributed by atoms with Crippen LogP contribution in [0.1, 0.15) is 57.4 Å². The highest BCUT2D eigenvalue weighted by Gasteiger charge is 2.23. The van der Waals surface area contributed by atoms with E-state index in [0.29, 0.717) is 23.7 Å². The lowest BCUT2D eigenvalue weighted by molar-refractivity contribution is 0.321. The summed E-state index contributed by atoms with van der Waals surface area (Å²) in [7, 11) is 0. The molecule has 0 bridgehead atoms. The van der Waals surface area contributed by atoms with Gasteiger partial charge in [0.25, 0.3) is 0 Å². The van der Waals surface area contributed by atoms with Crippen molar-refractivity contribution >= 4 is 0 Å².